The summed E-state index contributed by atoms with van der Waals surface area (Å²) in [6.07, 6.45) is 1.21. The first-order valence-electron chi connectivity index (χ1n) is 9.85. The summed E-state index contributed by atoms with van der Waals surface area (Å²) in [6.45, 7) is 6.45. The van der Waals surface area contributed by atoms with Crippen molar-refractivity contribution in [2.45, 2.75) is 45.1 Å². The summed E-state index contributed by atoms with van der Waals surface area (Å²) in [6, 6.07) is 12.9. The van der Waals surface area contributed by atoms with Gasteiger partial charge in [0.1, 0.15) is 5.75 Å². The summed E-state index contributed by atoms with van der Waals surface area (Å²) in [5.74, 6) is 1.54. The minimum absolute atomic E-state index is 0.161. The lowest BCUT2D eigenvalue weighted by Crippen LogP contribution is -2.29. The van der Waals surface area contributed by atoms with E-state index >= 15 is 0 Å². The number of hydrogen-bond donors (Lipinski definition) is 0. The summed E-state index contributed by atoms with van der Waals surface area (Å²) >= 11 is 0. The molecule has 0 aliphatic rings. The van der Waals surface area contributed by atoms with Gasteiger partial charge in [-0.25, -0.2) is 12.7 Å². The highest BCUT2D eigenvalue weighted by Gasteiger charge is 2.21. The quantitative estimate of drug-likeness (QED) is 0.516. The Balaban J connectivity index is 1.56. The predicted molar refractivity (Wildman–Crippen MR) is 114 cm³/mol. The van der Waals surface area contributed by atoms with Crippen LogP contribution in [0.2, 0.25) is 0 Å². The molecular weight excluding hydrogens is 402 g/mol. The van der Waals surface area contributed by atoms with Crippen LogP contribution >= 0.6 is 0 Å². The van der Waals surface area contributed by atoms with Gasteiger partial charge in [0.15, 0.2) is 12.4 Å². The van der Waals surface area contributed by atoms with Crippen LogP contribution in [0.25, 0.3) is 0 Å². The van der Waals surface area contributed by atoms with E-state index in [1.54, 1.807) is 19.2 Å². The van der Waals surface area contributed by atoms with E-state index in [-0.39, 0.29) is 18.0 Å². The second-order valence-electron chi connectivity index (χ2n) is 7.29. The lowest BCUT2D eigenvalue weighted by Gasteiger charge is -2.16. The number of ether oxygens (including phenoxy) is 1. The number of sulfonamides is 1. The molecule has 1 heterocycles. The Kier molecular flexibility index (Phi) is 6.89. The standard InChI is InChI=1S/C22H27N3O4S/c1-5-18-6-8-20(9-7-18)30(26,27)25(4)11-10-21-23-22(29-24-21)15-28-19-13-16(2)12-17(3)14-19/h6-9,12-14H,5,10-11,15H2,1-4H3. The molecule has 2 aromatic carbocycles. The van der Waals surface area contributed by atoms with Crippen LogP contribution in [0.5, 0.6) is 5.75 Å². The van der Waals surface area contributed by atoms with Gasteiger partial charge in [-0.1, -0.05) is 30.3 Å². The van der Waals surface area contributed by atoms with Gasteiger partial charge >= 0.3 is 0 Å². The fourth-order valence-corrected chi connectivity index (χ4v) is 4.24. The maximum Gasteiger partial charge on any atom is 0.264 e. The second-order valence-corrected chi connectivity index (χ2v) is 9.34. The van der Waals surface area contributed by atoms with E-state index in [4.69, 9.17) is 9.26 Å². The maximum absolute atomic E-state index is 12.7. The Morgan fingerprint density at radius 2 is 1.73 bits per heavy atom. The first kappa shape index (κ1) is 22.0. The molecule has 0 bridgehead atoms. The molecule has 0 aliphatic carbocycles. The zero-order valence-electron chi connectivity index (χ0n) is 17.8. The van der Waals surface area contributed by atoms with Crippen molar-refractivity contribution in [2.24, 2.45) is 0 Å². The van der Waals surface area contributed by atoms with Crippen LogP contribution < -0.4 is 4.74 Å². The molecule has 0 radical (unpaired) electrons. The lowest BCUT2D eigenvalue weighted by molar-refractivity contribution is 0.242. The Hall–Kier alpha value is -2.71. The maximum atomic E-state index is 12.7. The third-order valence-electron chi connectivity index (χ3n) is 4.76. The van der Waals surface area contributed by atoms with Crippen LogP contribution in [0.15, 0.2) is 51.9 Å². The number of aryl methyl sites for hydroxylation is 3. The molecule has 8 heteroatoms. The zero-order chi connectivity index (χ0) is 21.7. The highest BCUT2D eigenvalue weighted by atomic mass is 32.2. The van der Waals surface area contributed by atoms with Crippen LogP contribution in [0.4, 0.5) is 0 Å². The minimum Gasteiger partial charge on any atom is -0.484 e. The minimum atomic E-state index is -3.56. The smallest absolute Gasteiger partial charge is 0.264 e. The van der Waals surface area contributed by atoms with E-state index < -0.39 is 10.0 Å². The number of rotatable bonds is 9. The molecule has 0 N–H and O–H groups in total. The normalized spacial score (nSPS) is 11.8. The van der Waals surface area contributed by atoms with Gasteiger partial charge in [-0.2, -0.15) is 4.98 Å². The summed E-state index contributed by atoms with van der Waals surface area (Å²) in [4.78, 5) is 4.57. The van der Waals surface area contributed by atoms with E-state index in [2.05, 4.69) is 16.2 Å². The first-order valence-corrected chi connectivity index (χ1v) is 11.3. The van der Waals surface area contributed by atoms with Crippen molar-refractivity contribution < 1.29 is 17.7 Å². The van der Waals surface area contributed by atoms with Gasteiger partial charge in [0.2, 0.25) is 10.0 Å². The Bertz CT molecular complexity index is 1070. The van der Waals surface area contributed by atoms with E-state index in [9.17, 15) is 8.42 Å². The molecule has 0 amide bonds. The van der Waals surface area contributed by atoms with Gasteiger partial charge in [0.25, 0.3) is 5.89 Å². The average Bonchev–Trinajstić information content (AvgIpc) is 3.17. The number of benzene rings is 2. The van der Waals surface area contributed by atoms with Crippen molar-refractivity contribution in [3.8, 4) is 5.75 Å². The SMILES string of the molecule is CCc1ccc(S(=O)(=O)N(C)CCc2noc(COc3cc(C)cc(C)c3)n2)cc1. The van der Waals surface area contributed by atoms with Gasteiger partial charge in [0, 0.05) is 20.0 Å². The van der Waals surface area contributed by atoms with Crippen LogP contribution in [0, 0.1) is 13.8 Å². The third-order valence-corrected chi connectivity index (χ3v) is 6.63. The van der Waals surface area contributed by atoms with Crippen molar-refractivity contribution in [3.63, 3.8) is 0 Å². The fraction of sp³-hybridized carbons (Fsp3) is 0.364. The van der Waals surface area contributed by atoms with Crippen LogP contribution in [0.3, 0.4) is 0 Å². The first-order chi connectivity index (χ1) is 14.3. The molecule has 1 aromatic heterocycles. The van der Waals surface area contributed by atoms with Crippen LogP contribution in [0.1, 0.15) is 35.3 Å². The summed E-state index contributed by atoms with van der Waals surface area (Å²) in [5, 5.41) is 3.93. The molecule has 0 atom stereocenters. The van der Waals surface area contributed by atoms with Gasteiger partial charge < -0.3 is 9.26 Å². The van der Waals surface area contributed by atoms with E-state index in [1.165, 1.54) is 4.31 Å². The predicted octanol–water partition coefficient (Wildman–Crippen LogP) is 3.69. The van der Waals surface area contributed by atoms with Crippen molar-refractivity contribution in [2.75, 3.05) is 13.6 Å². The molecule has 0 spiro atoms. The van der Waals surface area contributed by atoms with E-state index in [0.29, 0.717) is 18.1 Å². The van der Waals surface area contributed by atoms with Crippen LogP contribution in [-0.4, -0.2) is 36.5 Å². The Labute approximate surface area is 177 Å². The molecule has 30 heavy (non-hydrogen) atoms. The van der Waals surface area contributed by atoms with Crippen molar-refractivity contribution >= 4 is 10.0 Å². The van der Waals surface area contributed by atoms with Crippen LogP contribution in [-0.2, 0) is 29.5 Å². The van der Waals surface area contributed by atoms with Crippen molar-refractivity contribution in [3.05, 3.63) is 70.9 Å². The molecule has 0 saturated carbocycles. The summed E-state index contributed by atoms with van der Waals surface area (Å²) in [5.41, 5.74) is 3.33. The van der Waals surface area contributed by atoms with Gasteiger partial charge in [-0.05, 0) is 61.2 Å². The van der Waals surface area contributed by atoms with Gasteiger partial charge in [0.05, 0.1) is 4.90 Å². The average molecular weight is 430 g/mol. The molecule has 0 saturated heterocycles. The lowest BCUT2D eigenvalue weighted by atomic mass is 10.1. The monoisotopic (exact) mass is 429 g/mol. The Morgan fingerprint density at radius 3 is 2.37 bits per heavy atom. The topological polar surface area (TPSA) is 85.5 Å². The van der Waals surface area contributed by atoms with Crippen molar-refractivity contribution in [1.29, 1.82) is 0 Å². The molecule has 3 aromatic rings. The van der Waals surface area contributed by atoms with Gasteiger partial charge in [-0.15, -0.1) is 0 Å². The van der Waals surface area contributed by atoms with E-state index in [0.717, 1.165) is 28.9 Å². The number of nitrogens with zero attached hydrogens (tertiary/aromatic N) is 3. The second kappa shape index (κ2) is 9.40. The summed E-state index contributed by atoms with van der Waals surface area (Å²) < 4.78 is 37.7. The highest BCUT2D eigenvalue weighted by Crippen LogP contribution is 2.18. The summed E-state index contributed by atoms with van der Waals surface area (Å²) in [7, 11) is -2.01. The molecule has 3 rings (SSSR count). The zero-order valence-corrected chi connectivity index (χ0v) is 18.6. The largest absolute Gasteiger partial charge is 0.484 e. The Morgan fingerprint density at radius 1 is 1.07 bits per heavy atom. The molecule has 7 nitrogen and oxygen atoms in total. The highest BCUT2D eigenvalue weighted by molar-refractivity contribution is 7.89. The van der Waals surface area contributed by atoms with Crippen molar-refractivity contribution in [1.82, 2.24) is 14.4 Å². The van der Waals surface area contributed by atoms with Gasteiger partial charge in [-0.3, -0.25) is 0 Å². The molecular formula is C22H27N3O4S. The number of hydrogen-bond acceptors (Lipinski definition) is 6. The molecule has 0 unspecified atom stereocenters. The van der Waals surface area contributed by atoms with E-state index in [1.807, 2.05) is 45.0 Å². The molecule has 0 aliphatic heterocycles. The third kappa shape index (κ3) is 5.46. The number of likely N-dealkylation sites (N-methyl/N-ethyl adjacent to an activating group) is 1. The number of aromatic nitrogens is 2. The molecule has 0 fully saturated rings. The molecule has 160 valence electrons. The fourth-order valence-electron chi connectivity index (χ4n) is 3.07.